The number of benzene rings is 1. The summed E-state index contributed by atoms with van der Waals surface area (Å²) in [6.45, 7) is 1.90. The van der Waals surface area contributed by atoms with Crippen LogP contribution in [0.1, 0.15) is 44.2 Å². The average molecular weight is 389 g/mol. The maximum absolute atomic E-state index is 11.8. The van der Waals surface area contributed by atoms with Gasteiger partial charge in [0.1, 0.15) is 0 Å². The first-order chi connectivity index (χ1) is 10.9. The average Bonchev–Trinajstić information content (AvgIpc) is 2.51. The van der Waals surface area contributed by atoms with Gasteiger partial charge in [-0.25, -0.2) is 4.79 Å². The summed E-state index contributed by atoms with van der Waals surface area (Å²) in [5.74, 6) is 0. The van der Waals surface area contributed by atoms with Crippen molar-refractivity contribution in [1.29, 1.82) is 0 Å². The molecule has 0 aromatic heterocycles. The largest absolute Gasteiger partial charge is 1.00 e. The van der Waals surface area contributed by atoms with E-state index >= 15 is 0 Å². The molecule has 0 saturated heterocycles. The fraction of sp³-hybridized carbons (Fsp3) is 0.533. The molecule has 130 valence electrons. The van der Waals surface area contributed by atoms with Gasteiger partial charge in [0.05, 0.1) is 27.1 Å². The summed E-state index contributed by atoms with van der Waals surface area (Å²) >= 11 is 0. The van der Waals surface area contributed by atoms with Gasteiger partial charge in [-0.05, 0) is 12.0 Å². The normalized spacial score (nSPS) is 11.6. The molecule has 1 N–H and O–H groups in total. The second-order valence-corrected chi connectivity index (χ2v) is 6.20. The molecule has 1 amide bonds. The molecular formula is C15H22NNa2O6P. The van der Waals surface area contributed by atoms with Gasteiger partial charge < -0.3 is 28.9 Å². The minimum atomic E-state index is -5.11. The third-order valence-corrected chi connectivity index (χ3v) is 3.59. The second-order valence-electron chi connectivity index (χ2n) is 5.05. The van der Waals surface area contributed by atoms with Crippen molar-refractivity contribution < 1.29 is 87.5 Å². The molecule has 10 heteroatoms. The van der Waals surface area contributed by atoms with Crippen molar-refractivity contribution in [2.45, 2.75) is 38.6 Å². The van der Waals surface area contributed by atoms with E-state index in [0.717, 1.165) is 25.7 Å². The number of carbonyl (C=O) groups is 1. The Morgan fingerprint density at radius 3 is 2.36 bits per heavy atom. The molecule has 1 atom stereocenters. The fourth-order valence-electron chi connectivity index (χ4n) is 1.95. The maximum Gasteiger partial charge on any atom is 1.00 e. The van der Waals surface area contributed by atoms with Crippen molar-refractivity contribution in [2.24, 2.45) is 0 Å². The number of alkyl carbamates (subject to hydrolysis) is 1. The van der Waals surface area contributed by atoms with Crippen molar-refractivity contribution in [3.8, 4) is 0 Å². The van der Waals surface area contributed by atoms with Gasteiger partial charge in [-0.3, -0.25) is 0 Å². The summed E-state index contributed by atoms with van der Waals surface area (Å²) in [5, 5.41) is 2.51. The van der Waals surface area contributed by atoms with Crippen LogP contribution in [0.2, 0.25) is 0 Å². The van der Waals surface area contributed by atoms with E-state index in [1.54, 1.807) is 30.3 Å². The van der Waals surface area contributed by atoms with Crippen LogP contribution in [0, 0.1) is 0 Å². The van der Waals surface area contributed by atoms with E-state index < -0.39 is 26.6 Å². The monoisotopic (exact) mass is 389 g/mol. The Balaban J connectivity index is 0. The van der Waals surface area contributed by atoms with Crippen molar-refractivity contribution >= 4 is 13.9 Å². The van der Waals surface area contributed by atoms with Crippen LogP contribution in [-0.4, -0.2) is 19.3 Å². The van der Waals surface area contributed by atoms with E-state index in [9.17, 15) is 19.1 Å². The van der Waals surface area contributed by atoms with Crippen LogP contribution in [0.25, 0.3) is 0 Å². The van der Waals surface area contributed by atoms with E-state index in [1.165, 1.54) is 0 Å². The predicted octanol–water partition coefficient (Wildman–Crippen LogP) is -4.11. The van der Waals surface area contributed by atoms with E-state index in [4.69, 9.17) is 4.74 Å². The maximum atomic E-state index is 11.8. The summed E-state index contributed by atoms with van der Waals surface area (Å²) in [4.78, 5) is 33.0. The number of phosphoric acid groups is 1. The van der Waals surface area contributed by atoms with E-state index in [1.807, 2.05) is 0 Å². The minimum Gasteiger partial charge on any atom is -0.790 e. The molecule has 0 aliphatic heterocycles. The van der Waals surface area contributed by atoms with Gasteiger partial charge in [-0.1, -0.05) is 56.5 Å². The zero-order chi connectivity index (χ0) is 17.1. The van der Waals surface area contributed by atoms with Gasteiger partial charge in [-0.2, -0.15) is 0 Å². The number of hydrogen-bond donors (Lipinski definition) is 1. The predicted molar refractivity (Wildman–Crippen MR) is 81.4 cm³/mol. The van der Waals surface area contributed by atoms with Gasteiger partial charge in [-0.15, -0.1) is 0 Å². The van der Waals surface area contributed by atoms with Crippen molar-refractivity contribution in [3.05, 3.63) is 35.9 Å². The molecule has 7 nitrogen and oxygen atoms in total. The van der Waals surface area contributed by atoms with Crippen molar-refractivity contribution in [1.82, 2.24) is 5.32 Å². The Hall–Kier alpha value is 0.600. The molecule has 1 aromatic carbocycles. The Bertz CT molecular complexity index is 514. The third-order valence-electron chi connectivity index (χ3n) is 3.12. The second kappa shape index (κ2) is 15.6. The van der Waals surface area contributed by atoms with Crippen LogP contribution in [0.3, 0.4) is 0 Å². The molecule has 0 heterocycles. The van der Waals surface area contributed by atoms with Crippen LogP contribution in [0.4, 0.5) is 4.79 Å². The van der Waals surface area contributed by atoms with Crippen LogP contribution in [0.5, 0.6) is 0 Å². The van der Waals surface area contributed by atoms with E-state index in [0.29, 0.717) is 5.56 Å². The first-order valence-electron chi connectivity index (χ1n) is 7.57. The minimum absolute atomic E-state index is 0. The quantitative estimate of drug-likeness (QED) is 0.247. The van der Waals surface area contributed by atoms with Crippen LogP contribution >= 0.6 is 7.82 Å². The molecule has 1 aromatic rings. The smallest absolute Gasteiger partial charge is 0.790 e. The standard InChI is InChI=1S/C15H24NO6P.2Na/c1-2-3-4-8-11-21-15(17)16-14(12-22-23(18,19)20)13-9-6-5-7-10-13;;/h5-7,9-10,14H,2-4,8,11-12H2,1H3,(H,16,17)(H2,18,19,20);;/q;2*+1/p-2/t14-;;/m1../s1. The molecule has 0 aliphatic rings. The number of hydrogen-bond acceptors (Lipinski definition) is 6. The van der Waals surface area contributed by atoms with E-state index in [2.05, 4.69) is 16.8 Å². The van der Waals surface area contributed by atoms with E-state index in [-0.39, 0.29) is 65.7 Å². The Labute approximate surface area is 193 Å². The third kappa shape index (κ3) is 14.3. The first kappa shape index (κ1) is 27.8. The molecule has 25 heavy (non-hydrogen) atoms. The number of carbonyl (C=O) groups excluding carboxylic acids is 1. The molecule has 1 rings (SSSR count). The zero-order valence-corrected chi connectivity index (χ0v) is 20.0. The summed E-state index contributed by atoms with van der Waals surface area (Å²) in [5.41, 5.74) is 0.615. The molecule has 0 bridgehead atoms. The summed E-state index contributed by atoms with van der Waals surface area (Å²) in [6.07, 6.45) is 3.23. The van der Waals surface area contributed by atoms with Crippen LogP contribution in [0.15, 0.2) is 30.3 Å². The Morgan fingerprint density at radius 1 is 1.16 bits per heavy atom. The number of unbranched alkanes of at least 4 members (excludes halogenated alkanes) is 3. The fourth-order valence-corrected chi connectivity index (χ4v) is 2.28. The molecule has 0 spiro atoms. The Kier molecular flexibility index (Phi) is 17.4. The van der Waals surface area contributed by atoms with Gasteiger partial charge in [0.15, 0.2) is 0 Å². The zero-order valence-electron chi connectivity index (χ0n) is 15.1. The van der Waals surface area contributed by atoms with Crippen molar-refractivity contribution in [2.75, 3.05) is 13.2 Å². The van der Waals surface area contributed by atoms with Crippen LogP contribution < -0.4 is 74.2 Å². The summed E-state index contributed by atoms with van der Waals surface area (Å²) in [7, 11) is -5.11. The van der Waals surface area contributed by atoms with Gasteiger partial charge in [0.2, 0.25) is 0 Å². The van der Waals surface area contributed by atoms with Gasteiger partial charge >= 0.3 is 65.2 Å². The molecule has 0 aliphatic carbocycles. The van der Waals surface area contributed by atoms with Crippen molar-refractivity contribution in [3.63, 3.8) is 0 Å². The molecule has 0 radical (unpaired) electrons. The van der Waals surface area contributed by atoms with Gasteiger partial charge in [0.25, 0.3) is 0 Å². The molecule has 0 unspecified atom stereocenters. The summed E-state index contributed by atoms with van der Waals surface area (Å²) in [6, 6.07) is 7.84. The number of ether oxygens (including phenoxy) is 1. The topological polar surface area (TPSA) is 111 Å². The number of nitrogens with one attached hydrogen (secondary N) is 1. The molecule has 0 fully saturated rings. The van der Waals surface area contributed by atoms with Crippen LogP contribution in [-0.2, 0) is 13.8 Å². The SMILES string of the molecule is CCCCCCOC(=O)N[C@H](COP(=O)([O-])[O-])c1ccccc1.[Na+].[Na+]. The number of phosphoric ester groups is 1. The number of rotatable bonds is 10. The molecular weight excluding hydrogens is 367 g/mol. The first-order valence-corrected chi connectivity index (χ1v) is 9.03. The summed E-state index contributed by atoms with van der Waals surface area (Å²) < 4.78 is 20.0. The van der Waals surface area contributed by atoms with Gasteiger partial charge in [0, 0.05) is 0 Å². The Morgan fingerprint density at radius 2 is 1.80 bits per heavy atom. The molecule has 0 saturated carbocycles. The number of amides is 1.